The van der Waals surface area contributed by atoms with Gasteiger partial charge in [0.25, 0.3) is 0 Å². The van der Waals surface area contributed by atoms with Gasteiger partial charge >= 0.3 is 0 Å². The van der Waals surface area contributed by atoms with Crippen LogP contribution in [0.4, 0.5) is 0 Å². The van der Waals surface area contributed by atoms with Gasteiger partial charge in [-0.2, -0.15) is 0 Å². The van der Waals surface area contributed by atoms with Crippen LogP contribution in [0.25, 0.3) is 0 Å². The Morgan fingerprint density at radius 1 is 1.50 bits per heavy atom. The summed E-state index contributed by atoms with van der Waals surface area (Å²) < 4.78 is 10.6. The molecule has 1 aromatic heterocycles. The van der Waals surface area contributed by atoms with E-state index in [1.807, 2.05) is 6.92 Å². The van der Waals surface area contributed by atoms with Crippen molar-refractivity contribution >= 4 is 0 Å². The van der Waals surface area contributed by atoms with Crippen LogP contribution in [0.1, 0.15) is 29.4 Å². The maximum Gasteiger partial charge on any atom is 0.137 e. The second kappa shape index (κ2) is 3.51. The van der Waals surface area contributed by atoms with E-state index >= 15 is 0 Å². The van der Waals surface area contributed by atoms with Crippen molar-refractivity contribution in [1.29, 1.82) is 0 Å². The number of aromatic nitrogens is 1. The van der Waals surface area contributed by atoms with Crippen molar-refractivity contribution in [2.75, 3.05) is 7.11 Å². The molecule has 3 rings (SSSR count). The molecule has 0 spiro atoms. The first-order valence-electron chi connectivity index (χ1n) is 5.68. The molecule has 2 aliphatic rings. The Bertz CT molecular complexity index is 470. The number of fused-ring (bicyclic) bond motifs is 3. The largest absolute Gasteiger partial charge is 0.497 e. The van der Waals surface area contributed by atoms with Crippen LogP contribution in [0.2, 0.25) is 0 Å². The number of methoxy groups -OCH3 is 1. The minimum Gasteiger partial charge on any atom is -0.497 e. The minimum absolute atomic E-state index is 0.334. The van der Waals surface area contributed by atoms with Crippen molar-refractivity contribution in [1.82, 2.24) is 5.16 Å². The SMILES string of the molecule is COC1=CC2c3noc(C)c3CCC2C=C1. The molecule has 2 atom stereocenters. The molecule has 0 fully saturated rings. The highest BCUT2D eigenvalue weighted by Crippen LogP contribution is 2.41. The first kappa shape index (κ1) is 9.70. The Balaban J connectivity index is 2.04. The number of hydrogen-bond donors (Lipinski definition) is 0. The average Bonchev–Trinajstić information content (AvgIpc) is 2.71. The first-order valence-corrected chi connectivity index (χ1v) is 5.68. The molecule has 1 heterocycles. The Morgan fingerprint density at radius 2 is 2.38 bits per heavy atom. The normalized spacial score (nSPS) is 27.0. The lowest BCUT2D eigenvalue weighted by atomic mass is 9.75. The summed E-state index contributed by atoms with van der Waals surface area (Å²) in [6, 6.07) is 0. The van der Waals surface area contributed by atoms with Gasteiger partial charge in [0.2, 0.25) is 0 Å². The summed E-state index contributed by atoms with van der Waals surface area (Å²) in [4.78, 5) is 0. The monoisotopic (exact) mass is 217 g/mol. The summed E-state index contributed by atoms with van der Waals surface area (Å²) >= 11 is 0. The molecule has 0 N–H and O–H groups in total. The van der Waals surface area contributed by atoms with Crippen LogP contribution in [0.5, 0.6) is 0 Å². The molecular weight excluding hydrogens is 202 g/mol. The lowest BCUT2D eigenvalue weighted by molar-refractivity contribution is 0.296. The van der Waals surface area contributed by atoms with Gasteiger partial charge in [-0.05, 0) is 37.8 Å². The number of aryl methyl sites for hydroxylation is 1. The van der Waals surface area contributed by atoms with Crippen LogP contribution in [0, 0.1) is 12.8 Å². The lowest BCUT2D eigenvalue weighted by Crippen LogP contribution is -2.20. The van der Waals surface area contributed by atoms with Gasteiger partial charge in [0.1, 0.15) is 11.5 Å². The number of ether oxygens (including phenoxy) is 1. The summed E-state index contributed by atoms with van der Waals surface area (Å²) in [5, 5.41) is 4.20. The highest BCUT2D eigenvalue weighted by molar-refractivity contribution is 5.37. The van der Waals surface area contributed by atoms with Crippen molar-refractivity contribution in [2.45, 2.75) is 25.7 Å². The molecule has 3 nitrogen and oxygen atoms in total. The topological polar surface area (TPSA) is 35.3 Å². The second-order valence-corrected chi connectivity index (χ2v) is 4.46. The van der Waals surface area contributed by atoms with E-state index in [1.165, 1.54) is 12.0 Å². The van der Waals surface area contributed by atoms with Crippen LogP contribution >= 0.6 is 0 Å². The van der Waals surface area contributed by atoms with Crippen molar-refractivity contribution in [3.05, 3.63) is 41.0 Å². The van der Waals surface area contributed by atoms with Gasteiger partial charge in [-0.3, -0.25) is 0 Å². The molecule has 0 radical (unpaired) electrons. The van der Waals surface area contributed by atoms with E-state index in [0.29, 0.717) is 11.8 Å². The van der Waals surface area contributed by atoms with E-state index < -0.39 is 0 Å². The van der Waals surface area contributed by atoms with E-state index in [0.717, 1.165) is 23.6 Å². The highest BCUT2D eigenvalue weighted by Gasteiger charge is 2.33. The summed E-state index contributed by atoms with van der Waals surface area (Å²) in [6.07, 6.45) is 8.69. The predicted molar refractivity (Wildman–Crippen MR) is 60.0 cm³/mol. The van der Waals surface area contributed by atoms with Crippen LogP contribution in [-0.2, 0) is 11.2 Å². The Morgan fingerprint density at radius 3 is 3.19 bits per heavy atom. The zero-order valence-electron chi connectivity index (χ0n) is 9.56. The summed E-state index contributed by atoms with van der Waals surface area (Å²) in [7, 11) is 1.70. The van der Waals surface area contributed by atoms with Crippen molar-refractivity contribution in [2.24, 2.45) is 5.92 Å². The van der Waals surface area contributed by atoms with Gasteiger partial charge in [-0.15, -0.1) is 0 Å². The third kappa shape index (κ3) is 1.31. The maximum atomic E-state index is 5.29. The van der Waals surface area contributed by atoms with Crippen LogP contribution in [0.15, 0.2) is 28.5 Å². The molecule has 2 aliphatic carbocycles. The molecule has 1 aromatic rings. The Labute approximate surface area is 94.8 Å². The molecule has 0 aliphatic heterocycles. The molecule has 0 saturated heterocycles. The minimum atomic E-state index is 0.334. The molecule has 2 unspecified atom stereocenters. The quantitative estimate of drug-likeness (QED) is 0.725. The Hall–Kier alpha value is -1.51. The molecule has 0 aromatic carbocycles. The van der Waals surface area contributed by atoms with Crippen LogP contribution in [-0.4, -0.2) is 12.3 Å². The third-order valence-electron chi connectivity index (χ3n) is 3.61. The molecular formula is C13H15NO2. The highest BCUT2D eigenvalue weighted by atomic mass is 16.5. The first-order chi connectivity index (χ1) is 7.79. The van der Waals surface area contributed by atoms with Crippen molar-refractivity contribution in [3.8, 4) is 0 Å². The van der Waals surface area contributed by atoms with E-state index in [4.69, 9.17) is 9.26 Å². The fourth-order valence-electron chi connectivity index (χ4n) is 2.67. The molecule has 3 heteroatoms. The second-order valence-electron chi connectivity index (χ2n) is 4.46. The van der Waals surface area contributed by atoms with E-state index in [9.17, 15) is 0 Å². The molecule has 16 heavy (non-hydrogen) atoms. The Kier molecular flexibility index (Phi) is 2.13. The van der Waals surface area contributed by atoms with E-state index in [-0.39, 0.29) is 0 Å². The fourth-order valence-corrected chi connectivity index (χ4v) is 2.67. The van der Waals surface area contributed by atoms with Gasteiger partial charge in [0, 0.05) is 11.5 Å². The number of allylic oxidation sites excluding steroid dienone is 3. The van der Waals surface area contributed by atoms with Gasteiger partial charge in [-0.25, -0.2) is 0 Å². The van der Waals surface area contributed by atoms with Crippen molar-refractivity contribution < 1.29 is 9.26 Å². The number of rotatable bonds is 1. The summed E-state index contributed by atoms with van der Waals surface area (Å²) in [5.74, 6) is 2.78. The summed E-state index contributed by atoms with van der Waals surface area (Å²) in [5.41, 5.74) is 2.40. The molecule has 0 saturated carbocycles. The standard InChI is InChI=1S/C13H15NO2/c1-8-11-6-4-9-3-5-10(15-2)7-12(9)13(11)14-16-8/h3,5,7,9,12H,4,6H2,1-2H3. The van der Waals surface area contributed by atoms with Crippen molar-refractivity contribution in [3.63, 3.8) is 0 Å². The van der Waals surface area contributed by atoms with E-state index in [2.05, 4.69) is 23.4 Å². The average molecular weight is 217 g/mol. The molecule has 0 bridgehead atoms. The van der Waals surface area contributed by atoms with Gasteiger partial charge < -0.3 is 9.26 Å². The lowest BCUT2D eigenvalue weighted by Gasteiger charge is -2.28. The van der Waals surface area contributed by atoms with E-state index in [1.54, 1.807) is 7.11 Å². The smallest absolute Gasteiger partial charge is 0.137 e. The van der Waals surface area contributed by atoms with Crippen LogP contribution in [0.3, 0.4) is 0 Å². The fraction of sp³-hybridized carbons (Fsp3) is 0.462. The van der Waals surface area contributed by atoms with Gasteiger partial charge in [0.05, 0.1) is 12.8 Å². The number of nitrogens with zero attached hydrogens (tertiary/aromatic N) is 1. The van der Waals surface area contributed by atoms with Crippen LogP contribution < -0.4 is 0 Å². The number of hydrogen-bond acceptors (Lipinski definition) is 3. The van der Waals surface area contributed by atoms with Gasteiger partial charge in [-0.1, -0.05) is 11.2 Å². The maximum absolute atomic E-state index is 5.29. The zero-order chi connectivity index (χ0) is 11.1. The predicted octanol–water partition coefficient (Wildman–Crippen LogP) is 2.73. The molecule has 0 amide bonds. The zero-order valence-corrected chi connectivity index (χ0v) is 9.56. The molecule has 84 valence electrons. The van der Waals surface area contributed by atoms with Gasteiger partial charge in [0.15, 0.2) is 0 Å². The summed E-state index contributed by atoms with van der Waals surface area (Å²) in [6.45, 7) is 1.99. The third-order valence-corrected chi connectivity index (χ3v) is 3.61.